The van der Waals surface area contributed by atoms with Crippen molar-refractivity contribution in [2.45, 2.75) is 58.4 Å². The minimum Gasteiger partial charge on any atom is -0.335 e. The quantitative estimate of drug-likeness (QED) is 0.806. The molecule has 0 N–H and O–H groups in total. The minimum absolute atomic E-state index is 0.192. The summed E-state index contributed by atoms with van der Waals surface area (Å²) < 4.78 is 0. The van der Waals surface area contributed by atoms with Crippen molar-refractivity contribution in [2.24, 2.45) is 5.92 Å². The number of carbonyl (C=O) groups is 1. The first kappa shape index (κ1) is 15.6. The molecule has 1 saturated heterocycles. The molecule has 1 atom stereocenters. The fourth-order valence-electron chi connectivity index (χ4n) is 4.64. The average molecular weight is 322 g/mol. The summed E-state index contributed by atoms with van der Waals surface area (Å²) in [6.07, 6.45) is 7.57. The van der Waals surface area contributed by atoms with Crippen molar-refractivity contribution in [3.05, 3.63) is 41.1 Å². The normalized spacial score (nSPS) is 21.8. The first-order chi connectivity index (χ1) is 11.6. The number of carbonyl (C=O) groups excluding carboxylic acids is 1. The molecule has 3 heteroatoms. The van der Waals surface area contributed by atoms with E-state index in [-0.39, 0.29) is 5.91 Å². The monoisotopic (exact) mass is 322 g/mol. The van der Waals surface area contributed by atoms with E-state index in [2.05, 4.69) is 35.0 Å². The third kappa shape index (κ3) is 2.70. The van der Waals surface area contributed by atoms with Crippen molar-refractivity contribution >= 4 is 16.8 Å². The van der Waals surface area contributed by atoms with Gasteiger partial charge in [-0.3, -0.25) is 9.78 Å². The Labute approximate surface area is 144 Å². The molecule has 1 amide bonds. The van der Waals surface area contributed by atoms with Crippen LogP contribution >= 0.6 is 0 Å². The Morgan fingerprint density at radius 1 is 1.08 bits per heavy atom. The van der Waals surface area contributed by atoms with Crippen LogP contribution in [-0.4, -0.2) is 28.4 Å². The third-order valence-electron chi connectivity index (χ3n) is 5.90. The topological polar surface area (TPSA) is 33.2 Å². The van der Waals surface area contributed by atoms with E-state index in [0.29, 0.717) is 12.0 Å². The number of nitrogens with zero attached hydrogens (tertiary/aromatic N) is 2. The highest BCUT2D eigenvalue weighted by molar-refractivity contribution is 5.99. The molecule has 24 heavy (non-hydrogen) atoms. The van der Waals surface area contributed by atoms with Crippen LogP contribution in [0.5, 0.6) is 0 Å². The molecule has 4 rings (SSSR count). The Bertz CT molecular complexity index is 777. The van der Waals surface area contributed by atoms with Gasteiger partial charge in [0, 0.05) is 18.0 Å². The van der Waals surface area contributed by atoms with Gasteiger partial charge in [0.1, 0.15) is 0 Å². The number of fused-ring (bicyclic) bond motifs is 1. The molecule has 2 heterocycles. The van der Waals surface area contributed by atoms with Gasteiger partial charge in [0.2, 0.25) is 0 Å². The van der Waals surface area contributed by atoms with Crippen LogP contribution < -0.4 is 0 Å². The molecular formula is C21H26N2O. The summed E-state index contributed by atoms with van der Waals surface area (Å²) in [4.78, 5) is 20.1. The van der Waals surface area contributed by atoms with Gasteiger partial charge in [-0.15, -0.1) is 0 Å². The number of aromatic nitrogens is 1. The van der Waals surface area contributed by atoms with Gasteiger partial charge in [-0.1, -0.05) is 24.5 Å². The largest absolute Gasteiger partial charge is 0.335 e. The Kier molecular flexibility index (Phi) is 4.03. The van der Waals surface area contributed by atoms with Crippen LogP contribution in [0.2, 0.25) is 0 Å². The third-order valence-corrected chi connectivity index (χ3v) is 5.90. The molecule has 1 saturated carbocycles. The van der Waals surface area contributed by atoms with Crippen molar-refractivity contribution in [3.63, 3.8) is 0 Å². The van der Waals surface area contributed by atoms with E-state index in [4.69, 9.17) is 0 Å². The SMILES string of the molecule is Cc1ccc2nc(C)c(C(=O)N3CCC[C@H]3C3CCCC3)cc2c1. The molecule has 2 aromatic rings. The molecule has 0 unspecified atom stereocenters. The second kappa shape index (κ2) is 6.19. The number of rotatable bonds is 2. The zero-order chi connectivity index (χ0) is 16.7. The van der Waals surface area contributed by atoms with E-state index < -0.39 is 0 Å². The van der Waals surface area contributed by atoms with Crippen LogP contribution in [-0.2, 0) is 0 Å². The van der Waals surface area contributed by atoms with Gasteiger partial charge in [-0.2, -0.15) is 0 Å². The number of likely N-dealkylation sites (tertiary alicyclic amines) is 1. The fourth-order valence-corrected chi connectivity index (χ4v) is 4.64. The number of pyridine rings is 1. The predicted octanol–water partition coefficient (Wildman–Crippen LogP) is 4.65. The lowest BCUT2D eigenvalue weighted by atomic mass is 9.95. The summed E-state index contributed by atoms with van der Waals surface area (Å²) in [7, 11) is 0. The Balaban J connectivity index is 1.68. The van der Waals surface area contributed by atoms with E-state index in [0.717, 1.165) is 35.1 Å². The highest BCUT2D eigenvalue weighted by Crippen LogP contribution is 2.36. The lowest BCUT2D eigenvalue weighted by Crippen LogP contribution is -2.39. The van der Waals surface area contributed by atoms with Gasteiger partial charge >= 0.3 is 0 Å². The molecule has 0 bridgehead atoms. The number of hydrogen-bond acceptors (Lipinski definition) is 2. The van der Waals surface area contributed by atoms with Gasteiger partial charge < -0.3 is 4.90 Å². The molecule has 0 spiro atoms. The lowest BCUT2D eigenvalue weighted by molar-refractivity contribution is 0.0688. The maximum atomic E-state index is 13.2. The van der Waals surface area contributed by atoms with Crippen molar-refractivity contribution in [2.75, 3.05) is 6.54 Å². The molecule has 0 radical (unpaired) electrons. The standard InChI is InChI=1S/C21H26N2O/c1-14-9-10-19-17(12-14)13-18(15(2)22-19)21(24)23-11-5-8-20(23)16-6-3-4-7-16/h9-10,12-13,16,20H,3-8,11H2,1-2H3/t20-/m0/s1. The molecule has 2 aliphatic rings. The van der Waals surface area contributed by atoms with E-state index in [1.807, 2.05) is 13.0 Å². The second-order valence-corrected chi connectivity index (χ2v) is 7.57. The highest BCUT2D eigenvalue weighted by atomic mass is 16.2. The molecule has 2 fully saturated rings. The smallest absolute Gasteiger partial charge is 0.255 e. The summed E-state index contributed by atoms with van der Waals surface area (Å²) >= 11 is 0. The van der Waals surface area contributed by atoms with Crippen LogP contribution in [0.15, 0.2) is 24.3 Å². The van der Waals surface area contributed by atoms with Gasteiger partial charge in [0.25, 0.3) is 5.91 Å². The Morgan fingerprint density at radius 2 is 1.88 bits per heavy atom. The molecule has 1 aromatic heterocycles. The molecular weight excluding hydrogens is 296 g/mol. The molecule has 1 aliphatic heterocycles. The van der Waals surface area contributed by atoms with Crippen molar-refractivity contribution in [1.29, 1.82) is 0 Å². The lowest BCUT2D eigenvalue weighted by Gasteiger charge is -2.30. The second-order valence-electron chi connectivity index (χ2n) is 7.57. The molecule has 1 aliphatic carbocycles. The maximum Gasteiger partial charge on any atom is 0.255 e. The zero-order valence-electron chi connectivity index (χ0n) is 14.7. The Morgan fingerprint density at radius 3 is 2.67 bits per heavy atom. The number of benzene rings is 1. The first-order valence-corrected chi connectivity index (χ1v) is 9.32. The van der Waals surface area contributed by atoms with Crippen molar-refractivity contribution < 1.29 is 4.79 Å². The van der Waals surface area contributed by atoms with Gasteiger partial charge in [0.15, 0.2) is 0 Å². The predicted molar refractivity (Wildman–Crippen MR) is 97.2 cm³/mol. The first-order valence-electron chi connectivity index (χ1n) is 9.32. The van der Waals surface area contributed by atoms with Crippen LogP contribution in [0.4, 0.5) is 0 Å². The van der Waals surface area contributed by atoms with E-state index in [9.17, 15) is 4.79 Å². The average Bonchev–Trinajstić information content (AvgIpc) is 3.24. The summed E-state index contributed by atoms with van der Waals surface area (Å²) in [6, 6.07) is 8.75. The summed E-state index contributed by atoms with van der Waals surface area (Å²) in [5.41, 5.74) is 3.83. The van der Waals surface area contributed by atoms with Crippen LogP contribution in [0.1, 0.15) is 60.1 Å². The molecule has 3 nitrogen and oxygen atoms in total. The van der Waals surface area contributed by atoms with E-state index in [1.54, 1.807) is 0 Å². The number of aryl methyl sites for hydroxylation is 2. The minimum atomic E-state index is 0.192. The van der Waals surface area contributed by atoms with Crippen LogP contribution in [0.25, 0.3) is 10.9 Å². The van der Waals surface area contributed by atoms with Gasteiger partial charge in [-0.25, -0.2) is 0 Å². The number of hydrogen-bond donors (Lipinski definition) is 0. The van der Waals surface area contributed by atoms with Crippen LogP contribution in [0.3, 0.4) is 0 Å². The summed E-state index contributed by atoms with van der Waals surface area (Å²) in [5, 5.41) is 1.07. The molecule has 1 aromatic carbocycles. The van der Waals surface area contributed by atoms with Crippen LogP contribution in [0, 0.1) is 19.8 Å². The summed E-state index contributed by atoms with van der Waals surface area (Å²) in [5.74, 6) is 0.908. The van der Waals surface area contributed by atoms with Gasteiger partial charge in [-0.05, 0) is 63.6 Å². The van der Waals surface area contributed by atoms with Crippen molar-refractivity contribution in [1.82, 2.24) is 9.88 Å². The zero-order valence-corrected chi connectivity index (χ0v) is 14.7. The van der Waals surface area contributed by atoms with E-state index in [1.165, 1.54) is 37.7 Å². The highest BCUT2D eigenvalue weighted by Gasteiger charge is 2.36. The molecule has 126 valence electrons. The van der Waals surface area contributed by atoms with Crippen molar-refractivity contribution in [3.8, 4) is 0 Å². The number of amides is 1. The van der Waals surface area contributed by atoms with Gasteiger partial charge in [0.05, 0.1) is 16.8 Å². The summed E-state index contributed by atoms with van der Waals surface area (Å²) in [6.45, 7) is 4.95. The maximum absolute atomic E-state index is 13.2. The Hall–Kier alpha value is -1.90. The fraction of sp³-hybridized carbons (Fsp3) is 0.524. The van der Waals surface area contributed by atoms with E-state index >= 15 is 0 Å².